The average molecular weight is 248 g/mol. The first kappa shape index (κ1) is 13.1. The lowest BCUT2D eigenvalue weighted by Gasteiger charge is -2.30. The summed E-state index contributed by atoms with van der Waals surface area (Å²) >= 11 is 0. The van der Waals surface area contributed by atoms with Crippen molar-refractivity contribution in [1.82, 2.24) is 4.90 Å². The molecule has 0 spiro atoms. The first-order valence-electron chi connectivity index (χ1n) is 6.34. The molecule has 0 aliphatic carbocycles. The zero-order valence-electron chi connectivity index (χ0n) is 10.7. The Morgan fingerprint density at radius 2 is 2.11 bits per heavy atom. The molecule has 1 aromatic rings. The molecule has 4 heteroatoms. The van der Waals surface area contributed by atoms with Gasteiger partial charge in [-0.25, -0.2) is 0 Å². The Hall–Kier alpha value is -1.39. The van der Waals surface area contributed by atoms with E-state index in [1.807, 2.05) is 24.3 Å². The van der Waals surface area contributed by atoms with Gasteiger partial charge in [0.15, 0.2) is 0 Å². The third-order valence-corrected chi connectivity index (χ3v) is 3.66. The second-order valence-electron chi connectivity index (χ2n) is 5.08. The summed E-state index contributed by atoms with van der Waals surface area (Å²) in [6.45, 7) is 2.24. The number of carboxylic acids is 1. The Morgan fingerprint density at radius 3 is 2.67 bits per heavy atom. The number of benzene rings is 1. The number of nitrogens with two attached hydrogens (primary N) is 1. The molecule has 2 rings (SSSR count). The van der Waals surface area contributed by atoms with Gasteiger partial charge in [0.25, 0.3) is 0 Å². The van der Waals surface area contributed by atoms with Crippen molar-refractivity contribution in [2.45, 2.75) is 24.8 Å². The summed E-state index contributed by atoms with van der Waals surface area (Å²) < 4.78 is 0. The highest BCUT2D eigenvalue weighted by Gasteiger charge is 2.19. The second kappa shape index (κ2) is 5.50. The van der Waals surface area contributed by atoms with Crippen LogP contribution in [0.15, 0.2) is 24.3 Å². The van der Waals surface area contributed by atoms with E-state index in [2.05, 4.69) is 11.9 Å². The van der Waals surface area contributed by atoms with Crippen LogP contribution in [0, 0.1) is 0 Å². The highest BCUT2D eigenvalue weighted by molar-refractivity contribution is 5.75. The molecule has 0 aromatic heterocycles. The molecule has 18 heavy (non-hydrogen) atoms. The number of hydrogen-bond acceptors (Lipinski definition) is 3. The van der Waals surface area contributed by atoms with E-state index in [1.165, 1.54) is 24.9 Å². The van der Waals surface area contributed by atoms with Gasteiger partial charge in [-0.15, -0.1) is 0 Å². The predicted octanol–water partition coefficient (Wildman–Crippen LogP) is 1.58. The zero-order valence-corrected chi connectivity index (χ0v) is 10.7. The van der Waals surface area contributed by atoms with Gasteiger partial charge in [-0.05, 0) is 43.5 Å². The molecule has 1 aliphatic heterocycles. The average Bonchev–Trinajstić information content (AvgIpc) is 2.38. The first-order valence-corrected chi connectivity index (χ1v) is 6.34. The van der Waals surface area contributed by atoms with Crippen LogP contribution in [0.3, 0.4) is 0 Å². The van der Waals surface area contributed by atoms with Crippen LogP contribution < -0.4 is 5.73 Å². The lowest BCUT2D eigenvalue weighted by Crippen LogP contribution is -2.30. The van der Waals surface area contributed by atoms with Crippen LogP contribution in [-0.4, -0.2) is 36.1 Å². The SMILES string of the molecule is CN1CCCC(c2ccc(C(N)C(=O)O)cc2)C1. The third-order valence-electron chi connectivity index (χ3n) is 3.66. The first-order chi connectivity index (χ1) is 8.58. The minimum atomic E-state index is -0.986. The van der Waals surface area contributed by atoms with Crippen LogP contribution in [0.4, 0.5) is 0 Å². The molecule has 1 aromatic carbocycles. The quantitative estimate of drug-likeness (QED) is 0.852. The topological polar surface area (TPSA) is 66.6 Å². The van der Waals surface area contributed by atoms with E-state index in [9.17, 15) is 4.79 Å². The van der Waals surface area contributed by atoms with Crippen LogP contribution in [0.5, 0.6) is 0 Å². The Balaban J connectivity index is 2.09. The van der Waals surface area contributed by atoms with Crippen molar-refractivity contribution in [3.05, 3.63) is 35.4 Å². The molecule has 1 aliphatic rings. The van der Waals surface area contributed by atoms with Gasteiger partial charge in [0.2, 0.25) is 0 Å². The molecule has 0 bridgehead atoms. The van der Waals surface area contributed by atoms with Crippen LogP contribution >= 0.6 is 0 Å². The maximum atomic E-state index is 10.8. The lowest BCUT2D eigenvalue weighted by molar-refractivity contribution is -0.138. The van der Waals surface area contributed by atoms with Gasteiger partial charge in [0, 0.05) is 6.54 Å². The van der Waals surface area contributed by atoms with Crippen LogP contribution in [0.1, 0.15) is 35.9 Å². The molecule has 0 radical (unpaired) electrons. The van der Waals surface area contributed by atoms with Crippen molar-refractivity contribution in [3.63, 3.8) is 0 Å². The molecular formula is C14H20N2O2. The van der Waals surface area contributed by atoms with Gasteiger partial charge >= 0.3 is 5.97 Å². The summed E-state index contributed by atoms with van der Waals surface area (Å²) in [4.78, 5) is 13.1. The van der Waals surface area contributed by atoms with Crippen molar-refractivity contribution in [1.29, 1.82) is 0 Å². The highest BCUT2D eigenvalue weighted by Crippen LogP contribution is 2.26. The van der Waals surface area contributed by atoms with Crippen molar-refractivity contribution in [2.75, 3.05) is 20.1 Å². The number of rotatable bonds is 3. The predicted molar refractivity (Wildman–Crippen MR) is 70.5 cm³/mol. The van der Waals surface area contributed by atoms with E-state index in [-0.39, 0.29) is 0 Å². The van der Waals surface area contributed by atoms with Gasteiger partial charge < -0.3 is 15.7 Å². The van der Waals surface area contributed by atoms with Crippen molar-refractivity contribution < 1.29 is 9.90 Å². The van der Waals surface area contributed by atoms with Gasteiger partial charge in [0.1, 0.15) is 6.04 Å². The summed E-state index contributed by atoms with van der Waals surface area (Å²) in [5, 5.41) is 8.86. The molecular weight excluding hydrogens is 228 g/mol. The van der Waals surface area contributed by atoms with E-state index >= 15 is 0 Å². The Kier molecular flexibility index (Phi) is 3.99. The molecule has 0 amide bonds. The Bertz CT molecular complexity index is 416. The van der Waals surface area contributed by atoms with Gasteiger partial charge in [-0.3, -0.25) is 4.79 Å². The largest absolute Gasteiger partial charge is 0.480 e. The minimum Gasteiger partial charge on any atom is -0.480 e. The van der Waals surface area contributed by atoms with Gasteiger partial charge in [-0.1, -0.05) is 24.3 Å². The summed E-state index contributed by atoms with van der Waals surface area (Å²) in [7, 11) is 2.14. The number of piperidine rings is 1. The summed E-state index contributed by atoms with van der Waals surface area (Å²) in [6.07, 6.45) is 2.42. The second-order valence-corrected chi connectivity index (χ2v) is 5.08. The third kappa shape index (κ3) is 2.89. The van der Waals surface area contributed by atoms with E-state index < -0.39 is 12.0 Å². The van der Waals surface area contributed by atoms with E-state index in [4.69, 9.17) is 10.8 Å². The fourth-order valence-electron chi connectivity index (χ4n) is 2.56. The number of nitrogens with zero attached hydrogens (tertiary/aromatic N) is 1. The number of aliphatic carboxylic acids is 1. The molecule has 98 valence electrons. The van der Waals surface area contributed by atoms with Crippen LogP contribution in [0.25, 0.3) is 0 Å². The van der Waals surface area contributed by atoms with Gasteiger partial charge in [-0.2, -0.15) is 0 Å². The molecule has 1 saturated heterocycles. The van der Waals surface area contributed by atoms with Crippen LogP contribution in [-0.2, 0) is 4.79 Å². The van der Waals surface area contributed by atoms with Crippen LogP contribution in [0.2, 0.25) is 0 Å². The fourth-order valence-corrected chi connectivity index (χ4v) is 2.56. The number of carbonyl (C=O) groups is 1. The summed E-state index contributed by atoms with van der Waals surface area (Å²) in [5.74, 6) is -0.431. The molecule has 1 heterocycles. The van der Waals surface area contributed by atoms with E-state index in [0.29, 0.717) is 11.5 Å². The normalized spacial score (nSPS) is 22.7. The minimum absolute atomic E-state index is 0.554. The monoisotopic (exact) mass is 248 g/mol. The fraction of sp³-hybridized carbons (Fsp3) is 0.500. The maximum Gasteiger partial charge on any atom is 0.325 e. The number of likely N-dealkylation sites (N-methyl/N-ethyl adjacent to an activating group) is 1. The van der Waals surface area contributed by atoms with Crippen molar-refractivity contribution in [2.24, 2.45) is 5.73 Å². The highest BCUT2D eigenvalue weighted by atomic mass is 16.4. The van der Waals surface area contributed by atoms with E-state index in [0.717, 1.165) is 6.54 Å². The standard InChI is InChI=1S/C14H20N2O2/c1-16-8-2-3-12(9-16)10-4-6-11(7-5-10)13(15)14(17)18/h4-7,12-13H,2-3,8-9,15H2,1H3,(H,17,18). The zero-order chi connectivity index (χ0) is 13.1. The molecule has 2 atom stereocenters. The lowest BCUT2D eigenvalue weighted by atomic mass is 9.90. The molecule has 0 saturated carbocycles. The smallest absolute Gasteiger partial charge is 0.325 e. The molecule has 2 unspecified atom stereocenters. The maximum absolute atomic E-state index is 10.8. The Morgan fingerprint density at radius 1 is 1.44 bits per heavy atom. The molecule has 3 N–H and O–H groups in total. The van der Waals surface area contributed by atoms with E-state index in [1.54, 1.807) is 0 Å². The number of carboxylic acid groups (broad SMARTS) is 1. The molecule has 4 nitrogen and oxygen atoms in total. The number of likely N-dealkylation sites (tertiary alicyclic amines) is 1. The Labute approximate surface area is 107 Å². The van der Waals surface area contributed by atoms with Crippen molar-refractivity contribution >= 4 is 5.97 Å². The number of hydrogen-bond donors (Lipinski definition) is 2. The molecule has 1 fully saturated rings. The van der Waals surface area contributed by atoms with Gasteiger partial charge in [0.05, 0.1) is 0 Å². The summed E-state index contributed by atoms with van der Waals surface area (Å²) in [6, 6.07) is 6.78. The van der Waals surface area contributed by atoms with Crippen molar-refractivity contribution in [3.8, 4) is 0 Å². The summed E-state index contributed by atoms with van der Waals surface area (Å²) in [5.41, 5.74) is 7.52.